The van der Waals surface area contributed by atoms with Crippen LogP contribution in [-0.2, 0) is 9.59 Å². The van der Waals surface area contributed by atoms with E-state index in [0.717, 1.165) is 20.8 Å². The molecule has 1 atom stereocenters. The van der Waals surface area contributed by atoms with Gasteiger partial charge < -0.3 is 16.4 Å². The van der Waals surface area contributed by atoms with Gasteiger partial charge in [0, 0.05) is 5.56 Å². The molecular formula is C20H22N4O2S. The van der Waals surface area contributed by atoms with Crippen LogP contribution in [0.15, 0.2) is 48.5 Å². The van der Waals surface area contributed by atoms with Crippen LogP contribution in [-0.4, -0.2) is 29.4 Å². The van der Waals surface area contributed by atoms with E-state index in [4.69, 9.17) is 5.73 Å². The van der Waals surface area contributed by atoms with Gasteiger partial charge in [0.25, 0.3) is 0 Å². The Bertz CT molecular complexity index is 934. The van der Waals surface area contributed by atoms with E-state index in [0.29, 0.717) is 5.69 Å². The van der Waals surface area contributed by atoms with E-state index in [2.05, 4.69) is 15.6 Å². The Balaban J connectivity index is 1.72. The molecule has 3 rings (SSSR count). The molecule has 0 bridgehead atoms. The van der Waals surface area contributed by atoms with Crippen LogP contribution in [0, 0.1) is 5.92 Å². The van der Waals surface area contributed by atoms with Gasteiger partial charge in [0.1, 0.15) is 5.01 Å². The molecule has 6 nitrogen and oxygen atoms in total. The smallest absolute Gasteiger partial charge is 0.243 e. The van der Waals surface area contributed by atoms with E-state index in [1.54, 1.807) is 11.3 Å². The van der Waals surface area contributed by atoms with Gasteiger partial charge in [-0.3, -0.25) is 9.59 Å². The van der Waals surface area contributed by atoms with Crippen molar-refractivity contribution >= 4 is 39.1 Å². The van der Waals surface area contributed by atoms with E-state index in [9.17, 15) is 9.59 Å². The summed E-state index contributed by atoms with van der Waals surface area (Å²) >= 11 is 1.57. The fourth-order valence-electron chi connectivity index (χ4n) is 2.55. The first-order chi connectivity index (χ1) is 13.0. The summed E-state index contributed by atoms with van der Waals surface area (Å²) in [7, 11) is 0. The molecule has 0 saturated carbocycles. The molecule has 0 aliphatic heterocycles. The Labute approximate surface area is 161 Å². The zero-order valence-electron chi connectivity index (χ0n) is 15.2. The predicted molar refractivity (Wildman–Crippen MR) is 110 cm³/mol. The Morgan fingerprint density at radius 2 is 1.81 bits per heavy atom. The number of nitrogens with two attached hydrogens (primary N) is 1. The van der Waals surface area contributed by atoms with Crippen LogP contribution < -0.4 is 16.4 Å². The number of rotatable bonds is 6. The number of nitrogens with zero attached hydrogens (tertiary/aromatic N) is 1. The van der Waals surface area contributed by atoms with Crippen molar-refractivity contribution in [1.82, 2.24) is 10.3 Å². The number of carbonyl (C=O) groups excluding carboxylic acids is 2. The molecule has 2 amide bonds. The Morgan fingerprint density at radius 3 is 2.56 bits per heavy atom. The minimum Gasteiger partial charge on any atom is -0.346 e. The number of amides is 2. The van der Waals surface area contributed by atoms with E-state index in [1.807, 2.05) is 62.4 Å². The predicted octanol–water partition coefficient (Wildman–Crippen LogP) is 3.00. The fourth-order valence-corrected chi connectivity index (χ4v) is 3.55. The Hall–Kier alpha value is -2.77. The van der Waals surface area contributed by atoms with Gasteiger partial charge in [0.15, 0.2) is 0 Å². The van der Waals surface area contributed by atoms with Gasteiger partial charge in [0.05, 0.1) is 28.5 Å². The van der Waals surface area contributed by atoms with Gasteiger partial charge >= 0.3 is 0 Å². The molecule has 7 heteroatoms. The third kappa shape index (κ3) is 4.50. The highest BCUT2D eigenvalue weighted by molar-refractivity contribution is 7.21. The van der Waals surface area contributed by atoms with Crippen molar-refractivity contribution in [2.45, 2.75) is 19.9 Å². The summed E-state index contributed by atoms with van der Waals surface area (Å²) in [6.45, 7) is 3.59. The van der Waals surface area contributed by atoms with Crippen molar-refractivity contribution in [2.24, 2.45) is 11.7 Å². The first-order valence-corrected chi connectivity index (χ1v) is 9.55. The maximum atomic E-state index is 12.3. The number of anilines is 1. The number of nitrogens with one attached hydrogen (secondary N) is 2. The molecule has 0 aliphatic rings. The van der Waals surface area contributed by atoms with E-state index in [1.165, 1.54) is 0 Å². The third-order valence-electron chi connectivity index (χ3n) is 4.17. The highest BCUT2D eigenvalue weighted by Crippen LogP contribution is 2.34. The van der Waals surface area contributed by atoms with Gasteiger partial charge in [-0.25, -0.2) is 4.98 Å². The lowest BCUT2D eigenvalue weighted by atomic mass is 10.1. The summed E-state index contributed by atoms with van der Waals surface area (Å²) in [5, 5.41) is 6.26. The zero-order chi connectivity index (χ0) is 19.4. The van der Waals surface area contributed by atoms with E-state index in [-0.39, 0.29) is 24.3 Å². The maximum absolute atomic E-state index is 12.3. The topological polar surface area (TPSA) is 97.1 Å². The number of thiazole rings is 1. The monoisotopic (exact) mass is 382 g/mol. The molecule has 1 heterocycles. The number of carbonyl (C=O) groups is 2. The minimum absolute atomic E-state index is 0.00724. The number of para-hydroxylation sites is 2. The van der Waals surface area contributed by atoms with Gasteiger partial charge in [-0.05, 0) is 30.2 Å². The second kappa shape index (κ2) is 8.28. The minimum atomic E-state index is -0.632. The van der Waals surface area contributed by atoms with E-state index >= 15 is 0 Å². The van der Waals surface area contributed by atoms with Gasteiger partial charge in [0.2, 0.25) is 11.8 Å². The highest BCUT2D eigenvalue weighted by atomic mass is 32.1. The molecule has 2 aromatic carbocycles. The standard InChI is InChI=1S/C20H22N4O2S/c1-12(2)18(21)19(26)22-11-17(25)23-14-8-4-3-7-13(14)20-24-15-9-5-6-10-16(15)27-20/h3-10,12,18H,11,21H2,1-2H3,(H,22,26)(H,23,25)/t18-/m0/s1. The number of hydrogen-bond acceptors (Lipinski definition) is 5. The summed E-state index contributed by atoms with van der Waals surface area (Å²) in [5.41, 5.74) is 8.21. The molecule has 0 aliphatic carbocycles. The Kier molecular flexibility index (Phi) is 5.83. The fraction of sp³-hybridized carbons (Fsp3) is 0.250. The van der Waals surface area contributed by atoms with Gasteiger partial charge in [-0.15, -0.1) is 11.3 Å². The summed E-state index contributed by atoms with van der Waals surface area (Å²) in [6.07, 6.45) is 0. The molecule has 0 saturated heterocycles. The molecule has 27 heavy (non-hydrogen) atoms. The normalized spacial score (nSPS) is 12.1. The second-order valence-electron chi connectivity index (χ2n) is 6.57. The highest BCUT2D eigenvalue weighted by Gasteiger charge is 2.18. The Morgan fingerprint density at radius 1 is 1.11 bits per heavy atom. The summed E-state index contributed by atoms with van der Waals surface area (Å²) in [4.78, 5) is 28.8. The molecule has 0 unspecified atom stereocenters. The van der Waals surface area contributed by atoms with Crippen molar-refractivity contribution in [3.05, 3.63) is 48.5 Å². The van der Waals surface area contributed by atoms with Crippen LogP contribution in [0.25, 0.3) is 20.8 Å². The number of fused-ring (bicyclic) bond motifs is 1. The quantitative estimate of drug-likeness (QED) is 0.610. The van der Waals surface area contributed by atoms with Gasteiger partial charge in [-0.1, -0.05) is 38.1 Å². The summed E-state index contributed by atoms with van der Waals surface area (Å²) in [6, 6.07) is 14.8. The third-order valence-corrected chi connectivity index (χ3v) is 5.24. The van der Waals surface area contributed by atoms with Crippen LogP contribution >= 0.6 is 11.3 Å². The van der Waals surface area contributed by atoms with Crippen LogP contribution in [0.5, 0.6) is 0 Å². The second-order valence-corrected chi connectivity index (χ2v) is 7.60. The molecule has 1 aromatic heterocycles. The maximum Gasteiger partial charge on any atom is 0.243 e. The van der Waals surface area contributed by atoms with E-state index < -0.39 is 6.04 Å². The van der Waals surface area contributed by atoms with Crippen molar-refractivity contribution in [1.29, 1.82) is 0 Å². The molecule has 0 spiro atoms. The average Bonchev–Trinajstić information content (AvgIpc) is 3.09. The molecule has 140 valence electrons. The molecule has 0 fully saturated rings. The van der Waals surface area contributed by atoms with Crippen molar-refractivity contribution in [2.75, 3.05) is 11.9 Å². The van der Waals surface area contributed by atoms with Crippen LogP contribution in [0.3, 0.4) is 0 Å². The first-order valence-electron chi connectivity index (χ1n) is 8.74. The molecule has 0 radical (unpaired) electrons. The number of benzene rings is 2. The van der Waals surface area contributed by atoms with Crippen molar-refractivity contribution < 1.29 is 9.59 Å². The molecule has 4 N–H and O–H groups in total. The largest absolute Gasteiger partial charge is 0.346 e. The lowest BCUT2D eigenvalue weighted by molar-refractivity contribution is -0.125. The summed E-state index contributed by atoms with van der Waals surface area (Å²) in [5.74, 6) is -0.639. The van der Waals surface area contributed by atoms with Crippen LogP contribution in [0.1, 0.15) is 13.8 Å². The molecule has 3 aromatic rings. The summed E-state index contributed by atoms with van der Waals surface area (Å²) < 4.78 is 1.09. The SMILES string of the molecule is CC(C)[C@H](N)C(=O)NCC(=O)Nc1ccccc1-c1nc2ccccc2s1. The lowest BCUT2D eigenvalue weighted by Gasteiger charge is -2.15. The first kappa shape index (κ1) is 19.0. The molecular weight excluding hydrogens is 360 g/mol. The van der Waals surface area contributed by atoms with Crippen molar-refractivity contribution in [3.8, 4) is 10.6 Å². The van der Waals surface area contributed by atoms with Crippen molar-refractivity contribution in [3.63, 3.8) is 0 Å². The average molecular weight is 382 g/mol. The number of aromatic nitrogens is 1. The number of hydrogen-bond donors (Lipinski definition) is 3. The zero-order valence-corrected chi connectivity index (χ0v) is 16.0. The van der Waals surface area contributed by atoms with Crippen LogP contribution in [0.4, 0.5) is 5.69 Å². The van der Waals surface area contributed by atoms with Gasteiger partial charge in [-0.2, -0.15) is 0 Å². The van der Waals surface area contributed by atoms with Crippen LogP contribution in [0.2, 0.25) is 0 Å². The lowest BCUT2D eigenvalue weighted by Crippen LogP contribution is -2.46.